The highest BCUT2D eigenvalue weighted by Gasteiger charge is 2.11. The molecule has 0 saturated carbocycles. The number of nitrogens with zero attached hydrogens (tertiary/aromatic N) is 2. The van der Waals surface area contributed by atoms with Gasteiger partial charge in [0.1, 0.15) is 0 Å². The third kappa shape index (κ3) is 3.10. The zero-order valence-corrected chi connectivity index (χ0v) is 8.10. The highest BCUT2D eigenvalue weighted by molar-refractivity contribution is 5.79. The summed E-state index contributed by atoms with van der Waals surface area (Å²) < 4.78 is 0. The minimum Gasteiger partial charge on any atom is -0.368 e. The summed E-state index contributed by atoms with van der Waals surface area (Å²) in [6.07, 6.45) is 2.28. The zero-order valence-electron chi connectivity index (χ0n) is 8.10. The average molecular weight is 194 g/mol. The van der Waals surface area contributed by atoms with Gasteiger partial charge in [0.15, 0.2) is 0 Å². The Labute approximate surface area is 82.7 Å². The number of aromatic nitrogens is 2. The Kier molecular flexibility index (Phi) is 4.00. The molecule has 0 fully saturated rings. The third-order valence-corrected chi connectivity index (χ3v) is 1.91. The van der Waals surface area contributed by atoms with Crippen molar-refractivity contribution < 1.29 is 4.79 Å². The van der Waals surface area contributed by atoms with Gasteiger partial charge in [0.25, 0.3) is 0 Å². The van der Waals surface area contributed by atoms with Gasteiger partial charge in [0.2, 0.25) is 5.91 Å². The first kappa shape index (κ1) is 10.6. The minimum absolute atomic E-state index is 0.294. The molecule has 1 unspecified atom stereocenters. The van der Waals surface area contributed by atoms with Crippen molar-refractivity contribution in [2.24, 2.45) is 5.73 Å². The summed E-state index contributed by atoms with van der Waals surface area (Å²) in [5.74, 6) is -0.337. The van der Waals surface area contributed by atoms with Gasteiger partial charge in [0, 0.05) is 12.7 Å². The van der Waals surface area contributed by atoms with E-state index in [2.05, 4.69) is 15.5 Å². The molecule has 1 amide bonds. The van der Waals surface area contributed by atoms with Gasteiger partial charge >= 0.3 is 0 Å². The van der Waals surface area contributed by atoms with Crippen LogP contribution in [0.3, 0.4) is 0 Å². The largest absolute Gasteiger partial charge is 0.368 e. The lowest BCUT2D eigenvalue weighted by Crippen LogP contribution is -2.40. The third-order valence-electron chi connectivity index (χ3n) is 1.91. The molecule has 1 atom stereocenters. The Morgan fingerprint density at radius 3 is 3.00 bits per heavy atom. The van der Waals surface area contributed by atoms with Gasteiger partial charge < -0.3 is 11.1 Å². The lowest BCUT2D eigenvalue weighted by Gasteiger charge is -2.11. The smallest absolute Gasteiger partial charge is 0.234 e. The number of hydrogen-bond acceptors (Lipinski definition) is 4. The molecule has 5 nitrogen and oxygen atoms in total. The molecule has 3 N–H and O–H groups in total. The van der Waals surface area contributed by atoms with E-state index in [0.29, 0.717) is 13.0 Å². The molecule has 0 aromatic carbocycles. The van der Waals surface area contributed by atoms with Gasteiger partial charge in [-0.3, -0.25) is 4.79 Å². The molecule has 5 heteroatoms. The summed E-state index contributed by atoms with van der Waals surface area (Å²) in [5, 5.41) is 10.6. The van der Waals surface area contributed by atoms with E-state index in [9.17, 15) is 4.79 Å². The second-order valence-corrected chi connectivity index (χ2v) is 2.96. The number of carbonyl (C=O) groups is 1. The van der Waals surface area contributed by atoms with Crippen LogP contribution in [0.15, 0.2) is 18.3 Å². The van der Waals surface area contributed by atoms with E-state index in [1.54, 1.807) is 12.3 Å². The molecule has 0 bridgehead atoms. The van der Waals surface area contributed by atoms with Crippen molar-refractivity contribution in [3.05, 3.63) is 24.0 Å². The number of carbonyl (C=O) groups excluding carboxylic acids is 1. The molecule has 14 heavy (non-hydrogen) atoms. The number of primary amides is 1. The fourth-order valence-electron chi connectivity index (χ4n) is 1.10. The van der Waals surface area contributed by atoms with Crippen LogP contribution >= 0.6 is 0 Å². The quantitative estimate of drug-likeness (QED) is 0.682. The lowest BCUT2D eigenvalue weighted by atomic mass is 10.2. The molecule has 0 saturated heterocycles. The van der Waals surface area contributed by atoms with Gasteiger partial charge in [-0.1, -0.05) is 6.92 Å². The maximum absolute atomic E-state index is 10.9. The van der Waals surface area contributed by atoms with Crippen molar-refractivity contribution in [1.82, 2.24) is 15.5 Å². The molecule has 0 aliphatic carbocycles. The molecule has 1 rings (SSSR count). The predicted octanol–water partition coefficient (Wildman–Crippen LogP) is -0.170. The molecular weight excluding hydrogens is 180 g/mol. The molecule has 1 aromatic heterocycles. The van der Waals surface area contributed by atoms with Crippen LogP contribution in [-0.4, -0.2) is 22.1 Å². The van der Waals surface area contributed by atoms with Crippen LogP contribution in [0, 0.1) is 0 Å². The van der Waals surface area contributed by atoms with Crippen molar-refractivity contribution >= 4 is 5.91 Å². The molecular formula is C9H14N4O. The van der Waals surface area contributed by atoms with Crippen molar-refractivity contribution in [3.8, 4) is 0 Å². The molecule has 1 heterocycles. The molecule has 0 radical (unpaired) electrons. The van der Waals surface area contributed by atoms with Crippen LogP contribution in [0.4, 0.5) is 0 Å². The summed E-state index contributed by atoms with van der Waals surface area (Å²) >= 11 is 0. The van der Waals surface area contributed by atoms with Crippen molar-refractivity contribution in [1.29, 1.82) is 0 Å². The first-order valence-electron chi connectivity index (χ1n) is 4.53. The molecule has 0 spiro atoms. The molecule has 0 aliphatic rings. The maximum atomic E-state index is 10.9. The fourth-order valence-corrected chi connectivity index (χ4v) is 1.10. The Morgan fingerprint density at radius 2 is 2.50 bits per heavy atom. The monoisotopic (exact) mass is 194 g/mol. The topological polar surface area (TPSA) is 80.9 Å². The van der Waals surface area contributed by atoms with Crippen molar-refractivity contribution in [3.63, 3.8) is 0 Å². The summed E-state index contributed by atoms with van der Waals surface area (Å²) in [6.45, 7) is 2.41. The second kappa shape index (κ2) is 5.29. The Bertz CT molecular complexity index is 288. The van der Waals surface area contributed by atoms with E-state index < -0.39 is 0 Å². The predicted molar refractivity (Wildman–Crippen MR) is 52.1 cm³/mol. The van der Waals surface area contributed by atoms with Crippen LogP contribution in [-0.2, 0) is 11.3 Å². The first-order chi connectivity index (χ1) is 6.74. The van der Waals surface area contributed by atoms with Crippen molar-refractivity contribution in [2.45, 2.75) is 25.9 Å². The number of hydrogen-bond donors (Lipinski definition) is 2. The SMILES string of the molecule is CCC(NCc1cccnn1)C(N)=O. The standard InChI is InChI=1S/C9H14N4O/c1-2-8(9(10)14)11-6-7-4-3-5-12-13-7/h3-5,8,11H,2,6H2,1H3,(H2,10,14). The van der Waals surface area contributed by atoms with E-state index in [1.165, 1.54) is 0 Å². The van der Waals surface area contributed by atoms with E-state index in [0.717, 1.165) is 5.69 Å². The Balaban J connectivity index is 2.44. The van der Waals surface area contributed by atoms with Crippen molar-refractivity contribution in [2.75, 3.05) is 0 Å². The maximum Gasteiger partial charge on any atom is 0.234 e. The summed E-state index contributed by atoms with van der Waals surface area (Å²) in [6, 6.07) is 3.35. The minimum atomic E-state index is -0.337. The molecule has 76 valence electrons. The number of nitrogens with two attached hydrogens (primary N) is 1. The van der Waals surface area contributed by atoms with Crippen LogP contribution in [0.25, 0.3) is 0 Å². The number of nitrogens with one attached hydrogen (secondary N) is 1. The highest BCUT2D eigenvalue weighted by Crippen LogP contribution is 1.94. The summed E-state index contributed by atoms with van der Waals surface area (Å²) in [5.41, 5.74) is 5.97. The lowest BCUT2D eigenvalue weighted by molar-refractivity contribution is -0.120. The Hall–Kier alpha value is -1.49. The van der Waals surface area contributed by atoms with Gasteiger partial charge in [-0.2, -0.15) is 10.2 Å². The Morgan fingerprint density at radius 1 is 1.71 bits per heavy atom. The van der Waals surface area contributed by atoms with E-state index in [-0.39, 0.29) is 11.9 Å². The molecule has 0 aliphatic heterocycles. The van der Waals surface area contributed by atoms with Gasteiger partial charge in [-0.25, -0.2) is 0 Å². The van der Waals surface area contributed by atoms with Crippen LogP contribution < -0.4 is 11.1 Å². The van der Waals surface area contributed by atoms with E-state index in [4.69, 9.17) is 5.73 Å². The van der Waals surface area contributed by atoms with E-state index in [1.807, 2.05) is 13.0 Å². The first-order valence-corrected chi connectivity index (χ1v) is 4.53. The highest BCUT2D eigenvalue weighted by atomic mass is 16.1. The normalized spacial score (nSPS) is 12.4. The van der Waals surface area contributed by atoms with E-state index >= 15 is 0 Å². The summed E-state index contributed by atoms with van der Waals surface area (Å²) in [7, 11) is 0. The van der Waals surface area contributed by atoms with Gasteiger partial charge in [0.05, 0.1) is 11.7 Å². The van der Waals surface area contributed by atoms with Crippen LogP contribution in [0.2, 0.25) is 0 Å². The summed E-state index contributed by atoms with van der Waals surface area (Å²) in [4.78, 5) is 10.9. The average Bonchev–Trinajstić information content (AvgIpc) is 2.20. The zero-order chi connectivity index (χ0) is 10.4. The van der Waals surface area contributed by atoms with Gasteiger partial charge in [-0.15, -0.1) is 0 Å². The van der Waals surface area contributed by atoms with Gasteiger partial charge in [-0.05, 0) is 18.6 Å². The number of amides is 1. The van der Waals surface area contributed by atoms with Crippen LogP contribution in [0.5, 0.6) is 0 Å². The number of rotatable bonds is 5. The van der Waals surface area contributed by atoms with Crippen LogP contribution in [0.1, 0.15) is 19.0 Å². The second-order valence-electron chi connectivity index (χ2n) is 2.96. The molecule has 1 aromatic rings. The fraction of sp³-hybridized carbons (Fsp3) is 0.444.